The van der Waals surface area contributed by atoms with Crippen LogP contribution in [0, 0.1) is 0 Å². The molecule has 112 valence electrons. The first-order chi connectivity index (χ1) is 9.30. The molecule has 1 aliphatic rings. The van der Waals surface area contributed by atoms with Crippen molar-refractivity contribution in [1.29, 1.82) is 0 Å². The minimum absolute atomic E-state index is 0.107. The van der Waals surface area contributed by atoms with E-state index >= 15 is 0 Å². The highest BCUT2D eigenvalue weighted by atomic mass is 35.5. The summed E-state index contributed by atoms with van der Waals surface area (Å²) in [5, 5.41) is 0.274. The summed E-state index contributed by atoms with van der Waals surface area (Å²) in [6.45, 7) is 1.84. The Labute approximate surface area is 123 Å². The van der Waals surface area contributed by atoms with Crippen LogP contribution in [0.25, 0.3) is 0 Å². The van der Waals surface area contributed by atoms with E-state index in [-0.39, 0.29) is 11.1 Å². The predicted molar refractivity (Wildman–Crippen MR) is 77.8 cm³/mol. The van der Waals surface area contributed by atoms with Crippen LogP contribution >= 0.6 is 11.6 Å². The van der Waals surface area contributed by atoms with Gasteiger partial charge >= 0.3 is 0 Å². The number of rotatable bonds is 3. The first-order valence-electron chi connectivity index (χ1n) is 6.03. The van der Waals surface area contributed by atoms with Gasteiger partial charge in [-0.2, -0.15) is 22.0 Å². The number of aromatic nitrogens is 2. The molecule has 0 aromatic carbocycles. The number of hydrogen-bond donors (Lipinski definition) is 1. The average Bonchev–Trinajstić information content (AvgIpc) is 2.37. The van der Waals surface area contributed by atoms with Crippen molar-refractivity contribution in [2.24, 2.45) is 0 Å². The highest BCUT2D eigenvalue weighted by molar-refractivity contribution is 7.86. The number of nitrogens with zero attached hydrogens (tertiary/aromatic N) is 5. The molecule has 2 rings (SSSR count). The van der Waals surface area contributed by atoms with Crippen LogP contribution in [0.15, 0.2) is 6.07 Å². The fraction of sp³-hybridized carbons (Fsp3) is 0.600. The maximum absolute atomic E-state index is 12.0. The maximum Gasteiger partial charge on any atom is 0.281 e. The fourth-order valence-electron chi connectivity index (χ4n) is 1.96. The van der Waals surface area contributed by atoms with Gasteiger partial charge in [0, 0.05) is 46.3 Å². The van der Waals surface area contributed by atoms with Gasteiger partial charge in [-0.15, -0.1) is 0 Å². The van der Waals surface area contributed by atoms with Crippen molar-refractivity contribution in [2.75, 3.05) is 50.9 Å². The van der Waals surface area contributed by atoms with Crippen molar-refractivity contribution < 1.29 is 8.42 Å². The van der Waals surface area contributed by atoms with Crippen LogP contribution in [0.4, 0.5) is 11.8 Å². The van der Waals surface area contributed by atoms with Gasteiger partial charge in [0.15, 0.2) is 0 Å². The Kier molecular flexibility index (Phi) is 4.33. The van der Waals surface area contributed by atoms with Gasteiger partial charge in [-0.1, -0.05) is 11.6 Å². The second-order valence-corrected chi connectivity index (χ2v) is 7.11. The van der Waals surface area contributed by atoms with Gasteiger partial charge in [0.2, 0.25) is 5.95 Å². The number of nitrogen functional groups attached to an aromatic ring is 1. The van der Waals surface area contributed by atoms with Crippen molar-refractivity contribution in [1.82, 2.24) is 18.6 Å². The van der Waals surface area contributed by atoms with Gasteiger partial charge < -0.3 is 10.6 Å². The summed E-state index contributed by atoms with van der Waals surface area (Å²) in [6, 6.07) is 1.62. The van der Waals surface area contributed by atoms with Crippen molar-refractivity contribution in [3.63, 3.8) is 0 Å². The third kappa shape index (κ3) is 3.11. The maximum atomic E-state index is 12.0. The minimum Gasteiger partial charge on any atom is -0.368 e. The summed E-state index contributed by atoms with van der Waals surface area (Å²) in [4.78, 5) is 9.84. The van der Waals surface area contributed by atoms with Gasteiger partial charge in [-0.25, -0.2) is 4.98 Å². The van der Waals surface area contributed by atoms with Crippen LogP contribution in [-0.2, 0) is 10.2 Å². The summed E-state index contributed by atoms with van der Waals surface area (Å²) in [7, 11) is -0.325. The number of halogens is 1. The molecule has 0 saturated carbocycles. The summed E-state index contributed by atoms with van der Waals surface area (Å²) in [5.74, 6) is 0.722. The number of anilines is 2. The molecule has 0 bridgehead atoms. The number of hydrogen-bond acceptors (Lipinski definition) is 6. The standard InChI is InChI=1S/C10H17ClN6O2S/c1-15(2)20(18,19)17-5-3-16(4-6-17)9-7-8(11)13-10(12)14-9/h7H,3-6H2,1-2H3,(H2,12,13,14). The molecular formula is C10H17ClN6O2S. The third-order valence-electron chi connectivity index (χ3n) is 3.05. The third-order valence-corrected chi connectivity index (χ3v) is 5.18. The molecule has 2 N–H and O–H groups in total. The molecule has 2 heterocycles. The summed E-state index contributed by atoms with van der Waals surface area (Å²) in [5.41, 5.74) is 5.56. The van der Waals surface area contributed by atoms with Gasteiger partial charge in [0.1, 0.15) is 11.0 Å². The van der Waals surface area contributed by atoms with Crippen LogP contribution in [0.2, 0.25) is 5.15 Å². The highest BCUT2D eigenvalue weighted by Crippen LogP contribution is 2.19. The topological polar surface area (TPSA) is 95.7 Å². The van der Waals surface area contributed by atoms with E-state index in [2.05, 4.69) is 9.97 Å². The van der Waals surface area contributed by atoms with Crippen molar-refractivity contribution in [3.05, 3.63) is 11.2 Å². The molecule has 1 fully saturated rings. The molecule has 0 aliphatic carbocycles. The van der Waals surface area contributed by atoms with E-state index in [0.717, 1.165) is 0 Å². The first-order valence-corrected chi connectivity index (χ1v) is 7.81. The Balaban J connectivity index is 2.08. The summed E-state index contributed by atoms with van der Waals surface area (Å²) in [6.07, 6.45) is 0. The summed E-state index contributed by atoms with van der Waals surface area (Å²) < 4.78 is 26.7. The molecule has 1 aromatic rings. The summed E-state index contributed by atoms with van der Waals surface area (Å²) >= 11 is 5.84. The van der Waals surface area contributed by atoms with Gasteiger partial charge in [-0.3, -0.25) is 0 Å². The zero-order chi connectivity index (χ0) is 14.9. The molecule has 0 unspecified atom stereocenters. The van der Waals surface area contributed by atoms with E-state index in [0.29, 0.717) is 32.0 Å². The molecule has 10 heteroatoms. The zero-order valence-corrected chi connectivity index (χ0v) is 12.9. The predicted octanol–water partition coefficient (Wildman–Crippen LogP) is -0.359. The average molecular weight is 321 g/mol. The molecule has 1 saturated heterocycles. The molecule has 1 aromatic heterocycles. The second kappa shape index (κ2) is 5.68. The van der Waals surface area contributed by atoms with Crippen molar-refractivity contribution in [2.45, 2.75) is 0 Å². The Morgan fingerprint density at radius 2 is 1.85 bits per heavy atom. The minimum atomic E-state index is -3.37. The van der Waals surface area contributed by atoms with Crippen LogP contribution in [-0.4, -0.2) is 67.3 Å². The van der Waals surface area contributed by atoms with E-state index in [1.807, 2.05) is 4.90 Å². The fourth-order valence-corrected chi connectivity index (χ4v) is 3.23. The molecule has 1 aliphatic heterocycles. The highest BCUT2D eigenvalue weighted by Gasteiger charge is 2.29. The van der Waals surface area contributed by atoms with Gasteiger partial charge in [0.05, 0.1) is 0 Å². The number of piperazine rings is 1. The Bertz CT molecular complexity index is 565. The molecule has 0 atom stereocenters. The molecule has 8 nitrogen and oxygen atoms in total. The molecule has 0 amide bonds. The molecule has 0 radical (unpaired) electrons. The van der Waals surface area contributed by atoms with Crippen molar-refractivity contribution in [3.8, 4) is 0 Å². The van der Waals surface area contributed by atoms with Gasteiger partial charge in [0.25, 0.3) is 10.2 Å². The van der Waals surface area contributed by atoms with Gasteiger partial charge in [-0.05, 0) is 0 Å². The van der Waals surface area contributed by atoms with E-state index < -0.39 is 10.2 Å². The quantitative estimate of drug-likeness (QED) is 0.764. The lowest BCUT2D eigenvalue weighted by molar-refractivity contribution is 0.355. The Morgan fingerprint density at radius 1 is 1.25 bits per heavy atom. The Morgan fingerprint density at radius 3 is 2.35 bits per heavy atom. The van der Waals surface area contributed by atoms with Crippen molar-refractivity contribution >= 4 is 33.6 Å². The smallest absolute Gasteiger partial charge is 0.281 e. The van der Waals surface area contributed by atoms with Crippen LogP contribution < -0.4 is 10.6 Å². The Hall–Kier alpha value is -1.16. The van der Waals surface area contributed by atoms with Crippen LogP contribution in [0.5, 0.6) is 0 Å². The molecule has 20 heavy (non-hydrogen) atoms. The lowest BCUT2D eigenvalue weighted by Gasteiger charge is -2.35. The number of nitrogens with two attached hydrogens (primary N) is 1. The normalized spacial score (nSPS) is 17.7. The monoisotopic (exact) mass is 320 g/mol. The van der Waals surface area contributed by atoms with E-state index in [1.54, 1.807) is 6.07 Å². The SMILES string of the molecule is CN(C)S(=O)(=O)N1CCN(c2cc(Cl)nc(N)n2)CC1. The van der Waals surface area contributed by atoms with E-state index in [4.69, 9.17) is 17.3 Å². The second-order valence-electron chi connectivity index (χ2n) is 4.58. The lowest BCUT2D eigenvalue weighted by Crippen LogP contribution is -2.51. The first kappa shape index (κ1) is 15.2. The van der Waals surface area contributed by atoms with E-state index in [1.165, 1.54) is 22.7 Å². The van der Waals surface area contributed by atoms with Crippen LogP contribution in [0.1, 0.15) is 0 Å². The zero-order valence-electron chi connectivity index (χ0n) is 11.3. The molecular weight excluding hydrogens is 304 g/mol. The molecule has 0 spiro atoms. The lowest BCUT2D eigenvalue weighted by atomic mass is 10.3. The largest absolute Gasteiger partial charge is 0.368 e. The van der Waals surface area contributed by atoms with Crippen LogP contribution in [0.3, 0.4) is 0 Å². The van der Waals surface area contributed by atoms with E-state index in [9.17, 15) is 8.42 Å².